The first-order valence-corrected chi connectivity index (χ1v) is 8.77. The van der Waals surface area contributed by atoms with Crippen molar-refractivity contribution in [1.82, 2.24) is 5.32 Å². The molecule has 1 aliphatic rings. The largest absolute Gasteiger partial charge is 0.493 e. The Morgan fingerprint density at radius 3 is 3.05 bits per heavy atom. The summed E-state index contributed by atoms with van der Waals surface area (Å²) in [6, 6.07) is 6.71. The van der Waals surface area contributed by atoms with E-state index in [4.69, 9.17) is 16.3 Å². The normalized spacial score (nSPS) is 14.8. The molecule has 21 heavy (non-hydrogen) atoms. The van der Waals surface area contributed by atoms with E-state index in [1.165, 1.54) is 16.7 Å². The van der Waals surface area contributed by atoms with Gasteiger partial charge in [0, 0.05) is 17.5 Å². The number of nitrogens with one attached hydrogen (secondary N) is 1. The fraction of sp³-hybridized carbons (Fsp3) is 0.412. The summed E-state index contributed by atoms with van der Waals surface area (Å²) in [7, 11) is 0. The number of thiophene rings is 1. The lowest BCUT2D eigenvalue weighted by molar-refractivity contribution is 0.351. The maximum atomic E-state index is 6.26. The highest BCUT2D eigenvalue weighted by Crippen LogP contribution is 2.33. The summed E-state index contributed by atoms with van der Waals surface area (Å²) in [6.45, 7) is 3.90. The minimum atomic E-state index is 0.413. The molecule has 1 aliphatic heterocycles. The molecule has 0 fully saturated rings. The Kier molecular flexibility index (Phi) is 4.84. The van der Waals surface area contributed by atoms with Crippen LogP contribution in [0.4, 0.5) is 0 Å². The average molecular weight is 322 g/mol. The molecular weight excluding hydrogens is 302 g/mol. The van der Waals surface area contributed by atoms with Crippen LogP contribution in [0.25, 0.3) is 0 Å². The highest BCUT2D eigenvalue weighted by Gasteiger charge is 2.20. The van der Waals surface area contributed by atoms with Gasteiger partial charge in [-0.1, -0.05) is 18.5 Å². The zero-order valence-electron chi connectivity index (χ0n) is 12.2. The SMILES string of the molecule is CCNC(Cc1ccsc1)Cc1cc(Cl)cc2c1OCC2. The van der Waals surface area contributed by atoms with Crippen LogP contribution in [-0.2, 0) is 19.3 Å². The molecule has 1 aromatic heterocycles. The van der Waals surface area contributed by atoms with E-state index in [-0.39, 0.29) is 0 Å². The van der Waals surface area contributed by atoms with E-state index in [1.807, 2.05) is 6.07 Å². The third-order valence-corrected chi connectivity index (χ3v) is 4.80. The molecular formula is C17H20ClNOS. The standard InChI is InChI=1S/C17H20ClNOS/c1-2-19-16(7-12-4-6-21-11-12)10-14-9-15(18)8-13-3-5-20-17(13)14/h4,6,8-9,11,16,19H,2-3,5,7,10H2,1H3. The summed E-state index contributed by atoms with van der Waals surface area (Å²) in [5.41, 5.74) is 3.88. The van der Waals surface area contributed by atoms with Crippen LogP contribution in [0.3, 0.4) is 0 Å². The Balaban J connectivity index is 1.79. The summed E-state index contributed by atoms with van der Waals surface area (Å²) in [5, 5.41) is 8.77. The lowest BCUT2D eigenvalue weighted by atomic mass is 9.98. The van der Waals surface area contributed by atoms with E-state index in [1.54, 1.807) is 11.3 Å². The number of benzene rings is 1. The van der Waals surface area contributed by atoms with E-state index < -0.39 is 0 Å². The predicted molar refractivity (Wildman–Crippen MR) is 89.8 cm³/mol. The Hall–Kier alpha value is -1.03. The summed E-state index contributed by atoms with van der Waals surface area (Å²) in [6.07, 6.45) is 2.96. The van der Waals surface area contributed by atoms with Crippen LogP contribution in [0, 0.1) is 0 Å². The number of likely N-dealkylation sites (N-methyl/N-ethyl adjacent to an activating group) is 1. The molecule has 0 amide bonds. The fourth-order valence-electron chi connectivity index (χ4n) is 2.96. The summed E-state index contributed by atoms with van der Waals surface area (Å²) >= 11 is 8.01. The molecule has 2 aromatic rings. The highest BCUT2D eigenvalue weighted by molar-refractivity contribution is 7.07. The van der Waals surface area contributed by atoms with Crippen molar-refractivity contribution >= 4 is 22.9 Å². The number of hydrogen-bond acceptors (Lipinski definition) is 3. The van der Waals surface area contributed by atoms with Gasteiger partial charge in [-0.3, -0.25) is 0 Å². The topological polar surface area (TPSA) is 21.3 Å². The van der Waals surface area contributed by atoms with Gasteiger partial charge in [-0.2, -0.15) is 11.3 Å². The van der Waals surface area contributed by atoms with Crippen molar-refractivity contribution in [1.29, 1.82) is 0 Å². The van der Waals surface area contributed by atoms with Gasteiger partial charge in [0.25, 0.3) is 0 Å². The van der Waals surface area contributed by atoms with Crippen LogP contribution in [0.1, 0.15) is 23.6 Å². The van der Waals surface area contributed by atoms with Crippen molar-refractivity contribution in [3.05, 3.63) is 50.7 Å². The Morgan fingerprint density at radius 2 is 2.29 bits per heavy atom. The first kappa shape index (κ1) is 14.9. The molecule has 0 radical (unpaired) electrons. The van der Waals surface area contributed by atoms with E-state index in [9.17, 15) is 0 Å². The van der Waals surface area contributed by atoms with Crippen LogP contribution in [0.5, 0.6) is 5.75 Å². The monoisotopic (exact) mass is 321 g/mol. The van der Waals surface area contributed by atoms with Crippen molar-refractivity contribution in [2.75, 3.05) is 13.2 Å². The molecule has 1 atom stereocenters. The van der Waals surface area contributed by atoms with Gasteiger partial charge < -0.3 is 10.1 Å². The molecule has 1 aromatic carbocycles. The van der Waals surface area contributed by atoms with Crippen molar-refractivity contribution in [3.8, 4) is 5.75 Å². The summed E-state index contributed by atoms with van der Waals surface area (Å²) in [4.78, 5) is 0. The van der Waals surface area contributed by atoms with Crippen LogP contribution >= 0.6 is 22.9 Å². The molecule has 2 heterocycles. The molecule has 4 heteroatoms. The molecule has 1 unspecified atom stereocenters. The van der Waals surface area contributed by atoms with Gasteiger partial charge in [0.05, 0.1) is 6.61 Å². The lowest BCUT2D eigenvalue weighted by Crippen LogP contribution is -2.33. The maximum absolute atomic E-state index is 6.26. The van der Waals surface area contributed by atoms with Gasteiger partial charge in [0.1, 0.15) is 5.75 Å². The summed E-state index contributed by atoms with van der Waals surface area (Å²) < 4.78 is 5.81. The minimum absolute atomic E-state index is 0.413. The van der Waals surface area contributed by atoms with Gasteiger partial charge >= 0.3 is 0 Å². The third kappa shape index (κ3) is 3.60. The van der Waals surface area contributed by atoms with Crippen LogP contribution in [0.2, 0.25) is 5.02 Å². The minimum Gasteiger partial charge on any atom is -0.493 e. The van der Waals surface area contributed by atoms with Gasteiger partial charge in [-0.15, -0.1) is 0 Å². The van der Waals surface area contributed by atoms with E-state index in [0.29, 0.717) is 6.04 Å². The van der Waals surface area contributed by atoms with Crippen LogP contribution < -0.4 is 10.1 Å². The van der Waals surface area contributed by atoms with E-state index in [0.717, 1.165) is 43.2 Å². The number of fused-ring (bicyclic) bond motifs is 1. The number of halogens is 1. The second kappa shape index (κ2) is 6.82. The zero-order chi connectivity index (χ0) is 14.7. The van der Waals surface area contributed by atoms with Crippen molar-refractivity contribution in [2.24, 2.45) is 0 Å². The number of ether oxygens (including phenoxy) is 1. The second-order valence-electron chi connectivity index (χ2n) is 5.45. The van der Waals surface area contributed by atoms with Crippen molar-refractivity contribution < 1.29 is 4.74 Å². The number of rotatable bonds is 6. The molecule has 3 rings (SSSR count). The predicted octanol–water partition coefficient (Wildman–Crippen LogP) is 4.10. The van der Waals surface area contributed by atoms with E-state index >= 15 is 0 Å². The highest BCUT2D eigenvalue weighted by atomic mass is 35.5. The second-order valence-corrected chi connectivity index (χ2v) is 6.66. The zero-order valence-corrected chi connectivity index (χ0v) is 13.8. The molecule has 0 saturated carbocycles. The molecule has 112 valence electrons. The first-order chi connectivity index (χ1) is 10.3. The van der Waals surface area contributed by atoms with Gasteiger partial charge in [0.15, 0.2) is 0 Å². The van der Waals surface area contributed by atoms with Gasteiger partial charge in [-0.05, 0) is 65.0 Å². The van der Waals surface area contributed by atoms with E-state index in [2.05, 4.69) is 35.1 Å². The molecule has 1 N–H and O–H groups in total. The van der Waals surface area contributed by atoms with Crippen molar-refractivity contribution in [3.63, 3.8) is 0 Å². The molecule has 0 bridgehead atoms. The molecule has 0 spiro atoms. The maximum Gasteiger partial charge on any atom is 0.125 e. The van der Waals surface area contributed by atoms with Crippen LogP contribution in [0.15, 0.2) is 29.0 Å². The number of hydrogen-bond donors (Lipinski definition) is 1. The average Bonchev–Trinajstić information content (AvgIpc) is 3.09. The fourth-order valence-corrected chi connectivity index (χ4v) is 3.91. The Labute approximate surface area is 135 Å². The van der Waals surface area contributed by atoms with Gasteiger partial charge in [-0.25, -0.2) is 0 Å². The van der Waals surface area contributed by atoms with Crippen molar-refractivity contribution in [2.45, 2.75) is 32.2 Å². The first-order valence-electron chi connectivity index (χ1n) is 7.45. The van der Waals surface area contributed by atoms with Crippen LogP contribution in [-0.4, -0.2) is 19.2 Å². The quantitative estimate of drug-likeness (QED) is 0.865. The third-order valence-electron chi connectivity index (χ3n) is 3.85. The lowest BCUT2D eigenvalue weighted by Gasteiger charge is -2.19. The van der Waals surface area contributed by atoms with Gasteiger partial charge in [0.2, 0.25) is 0 Å². The Morgan fingerprint density at radius 1 is 1.38 bits per heavy atom. The molecule has 0 aliphatic carbocycles. The Bertz CT molecular complexity index is 597. The molecule has 0 saturated heterocycles. The molecule has 2 nitrogen and oxygen atoms in total. The smallest absolute Gasteiger partial charge is 0.125 e. The summed E-state index contributed by atoms with van der Waals surface area (Å²) in [5.74, 6) is 1.06.